The molecule has 4 nitrogen and oxygen atoms in total. The van der Waals surface area contributed by atoms with Gasteiger partial charge in [-0.2, -0.15) is 0 Å². The van der Waals surface area contributed by atoms with Gasteiger partial charge in [0.15, 0.2) is 12.2 Å². The Kier molecular flexibility index (Phi) is 3.29. The Morgan fingerprint density at radius 1 is 1.20 bits per heavy atom. The first kappa shape index (κ1) is 12.5. The average Bonchev–Trinajstić information content (AvgIpc) is 2.89. The molecule has 102 valence electrons. The van der Waals surface area contributed by atoms with Crippen molar-refractivity contribution in [3.63, 3.8) is 0 Å². The summed E-state index contributed by atoms with van der Waals surface area (Å²) in [5, 5.41) is 0. The summed E-state index contributed by atoms with van der Waals surface area (Å²) in [6.45, 7) is 2.37. The van der Waals surface area contributed by atoms with Crippen molar-refractivity contribution < 1.29 is 9.15 Å². The number of anilines is 1. The second-order valence-corrected chi connectivity index (χ2v) is 4.60. The summed E-state index contributed by atoms with van der Waals surface area (Å²) in [5.74, 6) is 1.32. The van der Waals surface area contributed by atoms with Crippen LogP contribution in [0.1, 0.15) is 18.4 Å². The Labute approximate surface area is 117 Å². The van der Waals surface area contributed by atoms with Gasteiger partial charge < -0.3 is 14.9 Å². The highest BCUT2D eigenvalue weighted by atomic mass is 16.5. The lowest BCUT2D eigenvalue weighted by Gasteiger charge is -2.01. The van der Waals surface area contributed by atoms with Gasteiger partial charge in [-0.3, -0.25) is 0 Å². The first-order valence-electron chi connectivity index (χ1n) is 6.62. The summed E-state index contributed by atoms with van der Waals surface area (Å²) < 4.78 is 11.3. The number of nitrogen functional groups attached to an aromatic ring is 1. The SMILES string of the molecule is CCc1cc(N)c2oc(COc3ccccc3)nc2c1. The van der Waals surface area contributed by atoms with Crippen molar-refractivity contribution in [3.05, 3.63) is 53.9 Å². The minimum atomic E-state index is 0.291. The topological polar surface area (TPSA) is 61.3 Å². The van der Waals surface area contributed by atoms with Crippen LogP contribution in [0.5, 0.6) is 5.75 Å². The van der Waals surface area contributed by atoms with E-state index in [1.165, 1.54) is 0 Å². The molecular formula is C16H16N2O2. The van der Waals surface area contributed by atoms with Crippen molar-refractivity contribution in [1.29, 1.82) is 0 Å². The van der Waals surface area contributed by atoms with Crippen molar-refractivity contribution in [2.24, 2.45) is 0 Å². The van der Waals surface area contributed by atoms with E-state index in [0.717, 1.165) is 23.3 Å². The van der Waals surface area contributed by atoms with Crippen LogP contribution in [-0.2, 0) is 13.0 Å². The molecule has 0 aliphatic carbocycles. The number of rotatable bonds is 4. The molecule has 0 spiro atoms. The van der Waals surface area contributed by atoms with Gasteiger partial charge >= 0.3 is 0 Å². The molecule has 0 bridgehead atoms. The van der Waals surface area contributed by atoms with Crippen LogP contribution in [0.15, 0.2) is 46.9 Å². The van der Waals surface area contributed by atoms with Gasteiger partial charge in [-0.1, -0.05) is 25.1 Å². The third-order valence-corrected chi connectivity index (χ3v) is 3.14. The Hall–Kier alpha value is -2.49. The Morgan fingerprint density at radius 2 is 2.00 bits per heavy atom. The lowest BCUT2D eigenvalue weighted by molar-refractivity contribution is 0.267. The number of fused-ring (bicyclic) bond motifs is 1. The zero-order valence-electron chi connectivity index (χ0n) is 11.3. The minimum Gasteiger partial charge on any atom is -0.484 e. The molecule has 1 heterocycles. The largest absolute Gasteiger partial charge is 0.484 e. The number of nitrogens with two attached hydrogens (primary N) is 1. The van der Waals surface area contributed by atoms with Gasteiger partial charge in [0.2, 0.25) is 5.89 Å². The van der Waals surface area contributed by atoms with Crippen molar-refractivity contribution in [1.82, 2.24) is 4.98 Å². The molecule has 0 fully saturated rings. The molecule has 2 aromatic carbocycles. The molecule has 0 unspecified atom stereocenters. The number of para-hydroxylation sites is 1. The Balaban J connectivity index is 1.84. The van der Waals surface area contributed by atoms with E-state index in [1.807, 2.05) is 42.5 Å². The second-order valence-electron chi connectivity index (χ2n) is 4.60. The van der Waals surface area contributed by atoms with Crippen molar-refractivity contribution in [2.45, 2.75) is 20.0 Å². The van der Waals surface area contributed by atoms with E-state index in [2.05, 4.69) is 11.9 Å². The van der Waals surface area contributed by atoms with Gasteiger partial charge in [-0.15, -0.1) is 0 Å². The van der Waals surface area contributed by atoms with Crippen molar-refractivity contribution >= 4 is 16.8 Å². The van der Waals surface area contributed by atoms with E-state index < -0.39 is 0 Å². The molecule has 2 N–H and O–H groups in total. The number of nitrogens with zero attached hydrogens (tertiary/aromatic N) is 1. The summed E-state index contributed by atoms with van der Waals surface area (Å²) in [7, 11) is 0. The van der Waals surface area contributed by atoms with E-state index in [-0.39, 0.29) is 0 Å². The van der Waals surface area contributed by atoms with Gasteiger partial charge in [0.25, 0.3) is 0 Å². The lowest BCUT2D eigenvalue weighted by Crippen LogP contribution is -1.94. The molecule has 0 radical (unpaired) electrons. The molecule has 20 heavy (non-hydrogen) atoms. The van der Waals surface area contributed by atoms with E-state index in [0.29, 0.717) is 23.8 Å². The fourth-order valence-electron chi connectivity index (χ4n) is 2.09. The zero-order chi connectivity index (χ0) is 13.9. The normalized spacial score (nSPS) is 10.8. The van der Waals surface area contributed by atoms with E-state index in [4.69, 9.17) is 14.9 Å². The highest BCUT2D eigenvalue weighted by Crippen LogP contribution is 2.25. The van der Waals surface area contributed by atoms with Crippen LogP contribution in [0.25, 0.3) is 11.1 Å². The summed E-state index contributed by atoms with van der Waals surface area (Å²) in [6.07, 6.45) is 0.919. The molecule has 4 heteroatoms. The zero-order valence-corrected chi connectivity index (χ0v) is 11.3. The number of benzene rings is 2. The number of aromatic nitrogens is 1. The summed E-state index contributed by atoms with van der Waals surface area (Å²) in [6, 6.07) is 13.5. The van der Waals surface area contributed by atoms with Crippen molar-refractivity contribution in [3.8, 4) is 5.75 Å². The average molecular weight is 268 g/mol. The highest BCUT2D eigenvalue weighted by Gasteiger charge is 2.10. The van der Waals surface area contributed by atoms with Crippen LogP contribution in [0.3, 0.4) is 0 Å². The highest BCUT2D eigenvalue weighted by molar-refractivity contribution is 5.85. The third-order valence-electron chi connectivity index (χ3n) is 3.14. The summed E-state index contributed by atoms with van der Waals surface area (Å²) in [5.41, 5.74) is 9.17. The molecule has 0 atom stereocenters. The lowest BCUT2D eigenvalue weighted by atomic mass is 10.1. The van der Waals surface area contributed by atoms with Gasteiger partial charge in [-0.05, 0) is 36.2 Å². The summed E-state index contributed by atoms with van der Waals surface area (Å²) >= 11 is 0. The third kappa shape index (κ3) is 2.45. The van der Waals surface area contributed by atoms with Crippen LogP contribution >= 0.6 is 0 Å². The molecule has 0 aliphatic heterocycles. The van der Waals surface area contributed by atoms with E-state index >= 15 is 0 Å². The predicted octanol–water partition coefficient (Wildman–Crippen LogP) is 3.55. The number of hydrogen-bond donors (Lipinski definition) is 1. The maximum atomic E-state index is 5.98. The maximum Gasteiger partial charge on any atom is 0.233 e. The van der Waals surface area contributed by atoms with E-state index in [1.54, 1.807) is 0 Å². The Morgan fingerprint density at radius 3 is 2.75 bits per heavy atom. The van der Waals surface area contributed by atoms with Crippen LogP contribution in [0.4, 0.5) is 5.69 Å². The molecule has 0 aliphatic rings. The van der Waals surface area contributed by atoms with Gasteiger partial charge in [0.1, 0.15) is 11.3 Å². The minimum absolute atomic E-state index is 0.291. The van der Waals surface area contributed by atoms with Crippen LogP contribution in [0.2, 0.25) is 0 Å². The summed E-state index contributed by atoms with van der Waals surface area (Å²) in [4.78, 5) is 4.43. The first-order valence-corrected chi connectivity index (χ1v) is 6.62. The number of aryl methyl sites for hydroxylation is 1. The van der Waals surface area contributed by atoms with Crippen LogP contribution < -0.4 is 10.5 Å². The maximum absolute atomic E-state index is 5.98. The molecule has 0 saturated heterocycles. The smallest absolute Gasteiger partial charge is 0.233 e. The quantitative estimate of drug-likeness (QED) is 0.735. The van der Waals surface area contributed by atoms with E-state index in [9.17, 15) is 0 Å². The van der Waals surface area contributed by atoms with Gasteiger partial charge in [-0.25, -0.2) is 4.98 Å². The molecule has 3 aromatic rings. The number of ether oxygens (including phenoxy) is 1. The molecule has 1 aromatic heterocycles. The monoisotopic (exact) mass is 268 g/mol. The molecule has 0 amide bonds. The predicted molar refractivity (Wildman–Crippen MR) is 78.6 cm³/mol. The Bertz CT molecular complexity index is 720. The van der Waals surface area contributed by atoms with Crippen molar-refractivity contribution in [2.75, 3.05) is 5.73 Å². The number of hydrogen-bond acceptors (Lipinski definition) is 4. The standard InChI is InChI=1S/C16H16N2O2/c1-2-11-8-13(17)16-14(9-11)18-15(20-16)10-19-12-6-4-3-5-7-12/h3-9H,2,10,17H2,1H3. The number of oxazole rings is 1. The molecular weight excluding hydrogens is 252 g/mol. The molecule has 3 rings (SSSR count). The second kappa shape index (κ2) is 5.25. The first-order chi connectivity index (χ1) is 9.76. The molecule has 0 saturated carbocycles. The fourth-order valence-corrected chi connectivity index (χ4v) is 2.09. The van der Waals surface area contributed by atoms with Gasteiger partial charge in [0, 0.05) is 0 Å². The van der Waals surface area contributed by atoms with Crippen LogP contribution in [-0.4, -0.2) is 4.98 Å². The van der Waals surface area contributed by atoms with Gasteiger partial charge in [0.05, 0.1) is 5.69 Å². The fraction of sp³-hybridized carbons (Fsp3) is 0.188. The van der Waals surface area contributed by atoms with Crippen LogP contribution in [0, 0.1) is 0 Å².